The van der Waals surface area contributed by atoms with Gasteiger partial charge in [0.05, 0.1) is 6.61 Å². The predicted molar refractivity (Wildman–Crippen MR) is 92.8 cm³/mol. The molecule has 126 valence electrons. The topological polar surface area (TPSA) is 38.8 Å². The van der Waals surface area contributed by atoms with E-state index in [0.717, 1.165) is 49.2 Å². The standard InChI is InChI=1S/C18H24BrNO3/c1-17(2,3)23-16(21)20-8-6-18(7-9-20)11-13-4-5-14(19)10-15(13)22-12-18/h4-5,10H,6-9,11-12H2,1-3H3. The summed E-state index contributed by atoms with van der Waals surface area (Å²) in [5.74, 6) is 0.986. The summed E-state index contributed by atoms with van der Waals surface area (Å²) in [6.45, 7) is 7.92. The van der Waals surface area contributed by atoms with Crippen LogP contribution in [0.25, 0.3) is 0 Å². The third kappa shape index (κ3) is 3.82. The van der Waals surface area contributed by atoms with Crippen molar-refractivity contribution in [2.75, 3.05) is 19.7 Å². The van der Waals surface area contributed by atoms with Gasteiger partial charge in [0.2, 0.25) is 0 Å². The molecule has 1 fully saturated rings. The van der Waals surface area contributed by atoms with E-state index in [1.54, 1.807) is 0 Å². The molecule has 2 aliphatic heterocycles. The lowest BCUT2D eigenvalue weighted by molar-refractivity contribution is -0.00100. The lowest BCUT2D eigenvalue weighted by Gasteiger charge is -2.44. The van der Waals surface area contributed by atoms with Gasteiger partial charge in [-0.25, -0.2) is 4.79 Å². The molecule has 1 amide bonds. The SMILES string of the molecule is CC(C)(C)OC(=O)N1CCC2(CC1)COc1cc(Br)ccc1C2. The summed E-state index contributed by atoms with van der Waals surface area (Å²) in [6, 6.07) is 6.25. The van der Waals surface area contributed by atoms with Crippen LogP contribution in [0.2, 0.25) is 0 Å². The Labute approximate surface area is 146 Å². The van der Waals surface area contributed by atoms with Gasteiger partial charge in [-0.15, -0.1) is 0 Å². The second kappa shape index (κ2) is 6.00. The van der Waals surface area contributed by atoms with E-state index < -0.39 is 5.60 Å². The summed E-state index contributed by atoms with van der Waals surface area (Å²) in [5.41, 5.74) is 0.983. The van der Waals surface area contributed by atoms with Crippen LogP contribution in [0.3, 0.4) is 0 Å². The number of hydrogen-bond donors (Lipinski definition) is 0. The Bertz CT molecular complexity index is 601. The maximum atomic E-state index is 12.2. The third-order valence-electron chi connectivity index (χ3n) is 4.60. The van der Waals surface area contributed by atoms with Crippen molar-refractivity contribution >= 4 is 22.0 Å². The van der Waals surface area contributed by atoms with E-state index in [4.69, 9.17) is 9.47 Å². The minimum absolute atomic E-state index is 0.152. The van der Waals surface area contributed by atoms with Crippen molar-refractivity contribution in [2.45, 2.75) is 45.6 Å². The summed E-state index contributed by atoms with van der Waals surface area (Å²) in [6.07, 6.45) is 2.75. The molecule has 0 aliphatic carbocycles. The molecule has 4 nitrogen and oxygen atoms in total. The molecule has 0 aromatic heterocycles. The van der Waals surface area contributed by atoms with Gasteiger partial charge in [0, 0.05) is 23.0 Å². The molecule has 0 unspecified atom stereocenters. The highest BCUT2D eigenvalue weighted by atomic mass is 79.9. The first-order valence-corrected chi connectivity index (χ1v) is 8.95. The first kappa shape index (κ1) is 16.6. The number of hydrogen-bond acceptors (Lipinski definition) is 3. The smallest absolute Gasteiger partial charge is 0.410 e. The number of likely N-dealkylation sites (tertiary alicyclic amines) is 1. The third-order valence-corrected chi connectivity index (χ3v) is 5.10. The number of fused-ring (bicyclic) bond motifs is 1. The van der Waals surface area contributed by atoms with E-state index in [2.05, 4.69) is 28.1 Å². The predicted octanol–water partition coefficient (Wildman–Crippen LogP) is 4.40. The van der Waals surface area contributed by atoms with Gasteiger partial charge in [-0.3, -0.25) is 0 Å². The van der Waals surface area contributed by atoms with Gasteiger partial charge in [-0.2, -0.15) is 0 Å². The van der Waals surface area contributed by atoms with Gasteiger partial charge in [-0.1, -0.05) is 22.0 Å². The largest absolute Gasteiger partial charge is 0.493 e. The average Bonchev–Trinajstić information content (AvgIpc) is 2.47. The normalized spacial score (nSPS) is 19.9. The lowest BCUT2D eigenvalue weighted by Crippen LogP contribution is -2.48. The molecular formula is C18H24BrNO3. The number of carbonyl (C=O) groups is 1. The summed E-state index contributed by atoms with van der Waals surface area (Å²) < 4.78 is 12.5. The fraction of sp³-hybridized carbons (Fsp3) is 0.611. The first-order chi connectivity index (χ1) is 10.8. The van der Waals surface area contributed by atoms with E-state index in [1.807, 2.05) is 31.7 Å². The van der Waals surface area contributed by atoms with Crippen molar-refractivity contribution in [1.29, 1.82) is 0 Å². The molecule has 0 N–H and O–H groups in total. The van der Waals surface area contributed by atoms with Crippen LogP contribution >= 0.6 is 15.9 Å². The van der Waals surface area contributed by atoms with Crippen molar-refractivity contribution in [3.05, 3.63) is 28.2 Å². The van der Waals surface area contributed by atoms with Crippen LogP contribution in [-0.2, 0) is 11.2 Å². The molecule has 23 heavy (non-hydrogen) atoms. The van der Waals surface area contributed by atoms with Crippen LogP contribution in [0.1, 0.15) is 39.2 Å². The quantitative estimate of drug-likeness (QED) is 0.668. The first-order valence-electron chi connectivity index (χ1n) is 8.16. The second-order valence-electron chi connectivity index (χ2n) is 7.68. The van der Waals surface area contributed by atoms with Crippen LogP contribution in [0.5, 0.6) is 5.75 Å². The molecule has 0 atom stereocenters. The molecule has 1 spiro atoms. The molecule has 0 bridgehead atoms. The molecule has 1 saturated heterocycles. The van der Waals surface area contributed by atoms with E-state index >= 15 is 0 Å². The molecule has 2 heterocycles. The Morgan fingerprint density at radius 3 is 2.65 bits per heavy atom. The Kier molecular flexibility index (Phi) is 4.34. The number of amides is 1. The van der Waals surface area contributed by atoms with Gasteiger partial charge in [-0.05, 0) is 57.7 Å². The highest BCUT2D eigenvalue weighted by molar-refractivity contribution is 9.10. The second-order valence-corrected chi connectivity index (χ2v) is 8.60. The number of rotatable bonds is 0. The lowest BCUT2D eigenvalue weighted by atomic mass is 9.73. The monoisotopic (exact) mass is 381 g/mol. The number of ether oxygens (including phenoxy) is 2. The number of carbonyl (C=O) groups excluding carboxylic acids is 1. The van der Waals surface area contributed by atoms with Crippen LogP contribution in [0.4, 0.5) is 4.79 Å². The average molecular weight is 382 g/mol. The zero-order valence-electron chi connectivity index (χ0n) is 14.0. The molecule has 0 radical (unpaired) electrons. The maximum Gasteiger partial charge on any atom is 0.410 e. The fourth-order valence-electron chi connectivity index (χ4n) is 3.31. The van der Waals surface area contributed by atoms with Crippen molar-refractivity contribution in [3.63, 3.8) is 0 Å². The summed E-state index contributed by atoms with van der Waals surface area (Å²) in [4.78, 5) is 14.0. The molecule has 1 aromatic carbocycles. The van der Waals surface area contributed by atoms with Crippen molar-refractivity contribution in [3.8, 4) is 5.75 Å². The van der Waals surface area contributed by atoms with Gasteiger partial charge in [0.15, 0.2) is 0 Å². The van der Waals surface area contributed by atoms with E-state index in [9.17, 15) is 4.79 Å². The number of benzene rings is 1. The van der Waals surface area contributed by atoms with Crippen molar-refractivity contribution in [1.82, 2.24) is 4.90 Å². The molecule has 3 rings (SSSR count). The molecule has 5 heteroatoms. The Balaban J connectivity index is 1.63. The molecule has 0 saturated carbocycles. The van der Waals surface area contributed by atoms with Crippen molar-refractivity contribution < 1.29 is 14.3 Å². The summed E-state index contributed by atoms with van der Waals surface area (Å²) in [7, 11) is 0. The minimum atomic E-state index is -0.438. The zero-order valence-corrected chi connectivity index (χ0v) is 15.6. The fourth-order valence-corrected chi connectivity index (χ4v) is 3.65. The van der Waals surface area contributed by atoms with Gasteiger partial charge in [0.25, 0.3) is 0 Å². The highest BCUT2D eigenvalue weighted by Crippen LogP contribution is 2.42. The van der Waals surface area contributed by atoms with E-state index in [0.29, 0.717) is 0 Å². The number of nitrogens with zero attached hydrogens (tertiary/aromatic N) is 1. The van der Waals surface area contributed by atoms with Crippen LogP contribution in [-0.4, -0.2) is 36.3 Å². The van der Waals surface area contributed by atoms with Crippen LogP contribution in [0, 0.1) is 5.41 Å². The molecular weight excluding hydrogens is 358 g/mol. The molecule has 1 aromatic rings. The van der Waals surface area contributed by atoms with E-state index in [-0.39, 0.29) is 11.5 Å². The number of halogens is 1. The van der Waals surface area contributed by atoms with Gasteiger partial charge >= 0.3 is 6.09 Å². The Morgan fingerprint density at radius 1 is 1.30 bits per heavy atom. The van der Waals surface area contributed by atoms with Gasteiger partial charge in [0.1, 0.15) is 11.4 Å². The van der Waals surface area contributed by atoms with E-state index in [1.165, 1.54) is 5.56 Å². The Morgan fingerprint density at radius 2 is 2.00 bits per heavy atom. The number of piperidine rings is 1. The highest BCUT2D eigenvalue weighted by Gasteiger charge is 2.40. The van der Waals surface area contributed by atoms with Crippen LogP contribution < -0.4 is 4.74 Å². The van der Waals surface area contributed by atoms with Crippen molar-refractivity contribution in [2.24, 2.45) is 5.41 Å². The zero-order chi connectivity index (χ0) is 16.7. The maximum absolute atomic E-state index is 12.2. The van der Waals surface area contributed by atoms with Gasteiger partial charge < -0.3 is 14.4 Å². The van der Waals surface area contributed by atoms with Crippen LogP contribution in [0.15, 0.2) is 22.7 Å². The Hall–Kier alpha value is -1.23. The minimum Gasteiger partial charge on any atom is -0.493 e. The summed E-state index contributed by atoms with van der Waals surface area (Å²) in [5, 5.41) is 0. The summed E-state index contributed by atoms with van der Waals surface area (Å²) >= 11 is 3.49. The molecule has 2 aliphatic rings.